The van der Waals surface area contributed by atoms with Gasteiger partial charge in [-0.25, -0.2) is 0 Å². The van der Waals surface area contributed by atoms with E-state index in [0.717, 1.165) is 6.42 Å². The highest BCUT2D eigenvalue weighted by atomic mass is 16.2. The molecule has 0 radical (unpaired) electrons. The first-order chi connectivity index (χ1) is 9.61. The Bertz CT molecular complexity index is 475. The molecule has 2 N–H and O–H groups in total. The van der Waals surface area contributed by atoms with Crippen LogP contribution in [-0.4, -0.2) is 53.8 Å². The van der Waals surface area contributed by atoms with Crippen LogP contribution in [0.1, 0.15) is 12.5 Å². The van der Waals surface area contributed by atoms with Gasteiger partial charge in [-0.1, -0.05) is 30.3 Å². The predicted molar refractivity (Wildman–Crippen MR) is 77.0 cm³/mol. The maximum atomic E-state index is 11.7. The fourth-order valence-electron chi connectivity index (χ4n) is 2.69. The van der Waals surface area contributed by atoms with Crippen LogP contribution in [0.4, 0.5) is 0 Å². The molecule has 1 aliphatic rings. The zero-order chi connectivity index (χ0) is 14.5. The van der Waals surface area contributed by atoms with Gasteiger partial charge >= 0.3 is 0 Å². The first-order valence-electron chi connectivity index (χ1n) is 6.90. The van der Waals surface area contributed by atoms with Crippen molar-refractivity contribution in [3.63, 3.8) is 0 Å². The van der Waals surface area contributed by atoms with Gasteiger partial charge in [-0.15, -0.1) is 0 Å². The molecule has 1 aromatic rings. The van der Waals surface area contributed by atoms with E-state index in [0.29, 0.717) is 19.6 Å². The van der Waals surface area contributed by atoms with E-state index in [2.05, 4.69) is 0 Å². The molecular weight excluding hydrogens is 254 g/mol. The van der Waals surface area contributed by atoms with Gasteiger partial charge in [0, 0.05) is 26.6 Å². The van der Waals surface area contributed by atoms with Crippen molar-refractivity contribution in [1.82, 2.24) is 9.80 Å². The highest BCUT2D eigenvalue weighted by Crippen LogP contribution is 2.15. The number of hydrogen-bond donors (Lipinski definition) is 1. The molecule has 1 atom stereocenters. The molecule has 0 aliphatic carbocycles. The number of nitrogens with two attached hydrogens (primary N) is 1. The Morgan fingerprint density at radius 1 is 1.25 bits per heavy atom. The van der Waals surface area contributed by atoms with Gasteiger partial charge in [0.2, 0.25) is 11.8 Å². The van der Waals surface area contributed by atoms with E-state index in [1.807, 2.05) is 35.2 Å². The van der Waals surface area contributed by atoms with E-state index in [9.17, 15) is 9.59 Å². The summed E-state index contributed by atoms with van der Waals surface area (Å²) in [5, 5.41) is 0. The van der Waals surface area contributed by atoms with E-state index in [1.54, 1.807) is 11.8 Å². The molecular formula is C15H21N3O2. The monoisotopic (exact) mass is 275 g/mol. The molecule has 2 rings (SSSR count). The molecule has 0 saturated carbocycles. The van der Waals surface area contributed by atoms with E-state index in [4.69, 9.17) is 5.73 Å². The Morgan fingerprint density at radius 2 is 1.95 bits per heavy atom. The summed E-state index contributed by atoms with van der Waals surface area (Å²) in [7, 11) is 0. The predicted octanol–water partition coefficient (Wildman–Crippen LogP) is 0.247. The smallest absolute Gasteiger partial charge is 0.236 e. The van der Waals surface area contributed by atoms with Crippen molar-refractivity contribution < 1.29 is 9.59 Å². The van der Waals surface area contributed by atoms with Gasteiger partial charge in [-0.3, -0.25) is 9.59 Å². The van der Waals surface area contributed by atoms with E-state index in [-0.39, 0.29) is 24.4 Å². The van der Waals surface area contributed by atoms with Gasteiger partial charge in [-0.05, 0) is 12.0 Å². The van der Waals surface area contributed by atoms with Crippen LogP contribution in [0, 0.1) is 0 Å². The van der Waals surface area contributed by atoms with E-state index >= 15 is 0 Å². The van der Waals surface area contributed by atoms with Gasteiger partial charge in [0.15, 0.2) is 0 Å². The lowest BCUT2D eigenvalue weighted by atomic mass is 10.0. The lowest BCUT2D eigenvalue weighted by Crippen LogP contribution is -2.57. The van der Waals surface area contributed by atoms with Crippen LogP contribution >= 0.6 is 0 Å². The van der Waals surface area contributed by atoms with E-state index in [1.165, 1.54) is 5.56 Å². The summed E-state index contributed by atoms with van der Waals surface area (Å²) in [4.78, 5) is 27.1. The van der Waals surface area contributed by atoms with Crippen molar-refractivity contribution in [2.75, 3.05) is 26.2 Å². The zero-order valence-corrected chi connectivity index (χ0v) is 11.8. The number of carbonyl (C=O) groups excluding carboxylic acids is 2. The van der Waals surface area contributed by atoms with Crippen LogP contribution < -0.4 is 5.73 Å². The Morgan fingerprint density at radius 3 is 2.55 bits per heavy atom. The summed E-state index contributed by atoms with van der Waals surface area (Å²) in [6.45, 7) is 3.32. The van der Waals surface area contributed by atoms with Crippen LogP contribution in [0.5, 0.6) is 0 Å². The fourth-order valence-corrected chi connectivity index (χ4v) is 2.69. The summed E-state index contributed by atoms with van der Waals surface area (Å²) in [6, 6.07) is 10.1. The summed E-state index contributed by atoms with van der Waals surface area (Å²) < 4.78 is 0. The quantitative estimate of drug-likeness (QED) is 0.859. The lowest BCUT2D eigenvalue weighted by molar-refractivity contribution is -0.140. The highest BCUT2D eigenvalue weighted by Gasteiger charge is 2.30. The molecule has 0 bridgehead atoms. The van der Waals surface area contributed by atoms with E-state index < -0.39 is 0 Å². The summed E-state index contributed by atoms with van der Waals surface area (Å²) in [5.41, 5.74) is 6.60. The molecule has 2 amide bonds. The van der Waals surface area contributed by atoms with Gasteiger partial charge in [0.1, 0.15) is 0 Å². The molecule has 5 heteroatoms. The number of carbonyl (C=O) groups is 2. The third kappa shape index (κ3) is 3.36. The largest absolute Gasteiger partial charge is 0.338 e. The average molecular weight is 275 g/mol. The summed E-state index contributed by atoms with van der Waals surface area (Å²) in [5.74, 6) is 0.0112. The SMILES string of the molecule is CC(=O)N1CCN(C(=O)CN)CC1Cc1ccccc1. The van der Waals surface area contributed by atoms with Gasteiger partial charge < -0.3 is 15.5 Å². The third-order valence-electron chi connectivity index (χ3n) is 3.73. The number of amides is 2. The molecule has 0 spiro atoms. The number of piperazine rings is 1. The maximum absolute atomic E-state index is 11.7. The molecule has 5 nitrogen and oxygen atoms in total. The summed E-state index contributed by atoms with van der Waals surface area (Å²) in [6.07, 6.45) is 0.759. The molecule has 1 heterocycles. The van der Waals surface area contributed by atoms with Crippen LogP contribution in [0.3, 0.4) is 0 Å². The van der Waals surface area contributed by atoms with Crippen LogP contribution in [0.25, 0.3) is 0 Å². The standard InChI is InChI=1S/C15H21N3O2/c1-12(19)18-8-7-17(15(20)10-16)11-14(18)9-13-5-3-2-4-6-13/h2-6,14H,7-11,16H2,1H3. The number of nitrogens with zero attached hydrogens (tertiary/aromatic N) is 2. The van der Waals surface area contributed by atoms with Crippen molar-refractivity contribution in [2.24, 2.45) is 5.73 Å². The first kappa shape index (κ1) is 14.5. The number of hydrogen-bond acceptors (Lipinski definition) is 3. The molecule has 1 unspecified atom stereocenters. The zero-order valence-electron chi connectivity index (χ0n) is 11.8. The van der Waals surface area contributed by atoms with Crippen LogP contribution in [0.15, 0.2) is 30.3 Å². The first-order valence-corrected chi connectivity index (χ1v) is 6.90. The Kier molecular flexibility index (Phi) is 4.74. The van der Waals surface area contributed by atoms with Crippen molar-refractivity contribution in [3.05, 3.63) is 35.9 Å². The Hall–Kier alpha value is -1.88. The van der Waals surface area contributed by atoms with Crippen molar-refractivity contribution in [3.8, 4) is 0 Å². The number of rotatable bonds is 3. The second kappa shape index (κ2) is 6.52. The minimum atomic E-state index is -0.0498. The highest BCUT2D eigenvalue weighted by molar-refractivity contribution is 5.79. The summed E-state index contributed by atoms with van der Waals surface area (Å²) >= 11 is 0. The molecule has 20 heavy (non-hydrogen) atoms. The van der Waals surface area contributed by atoms with Gasteiger partial charge in [-0.2, -0.15) is 0 Å². The van der Waals surface area contributed by atoms with Crippen molar-refractivity contribution >= 4 is 11.8 Å². The average Bonchev–Trinajstić information content (AvgIpc) is 2.47. The van der Waals surface area contributed by atoms with Gasteiger partial charge in [0.25, 0.3) is 0 Å². The van der Waals surface area contributed by atoms with Crippen molar-refractivity contribution in [1.29, 1.82) is 0 Å². The molecule has 1 aliphatic heterocycles. The molecule has 1 aromatic carbocycles. The number of benzene rings is 1. The van der Waals surface area contributed by atoms with Crippen LogP contribution in [-0.2, 0) is 16.0 Å². The van der Waals surface area contributed by atoms with Crippen LogP contribution in [0.2, 0.25) is 0 Å². The second-order valence-corrected chi connectivity index (χ2v) is 5.10. The van der Waals surface area contributed by atoms with Gasteiger partial charge in [0.05, 0.1) is 12.6 Å². The third-order valence-corrected chi connectivity index (χ3v) is 3.73. The molecule has 1 fully saturated rings. The minimum Gasteiger partial charge on any atom is -0.338 e. The minimum absolute atomic E-state index is 0.0259. The normalized spacial score (nSPS) is 19.0. The molecule has 108 valence electrons. The lowest BCUT2D eigenvalue weighted by Gasteiger charge is -2.41. The molecule has 1 saturated heterocycles. The van der Waals surface area contributed by atoms with Crippen molar-refractivity contribution in [2.45, 2.75) is 19.4 Å². The topological polar surface area (TPSA) is 66.6 Å². The maximum Gasteiger partial charge on any atom is 0.236 e. The fraction of sp³-hybridized carbons (Fsp3) is 0.467. The Balaban J connectivity index is 2.11. The Labute approximate surface area is 119 Å². The second-order valence-electron chi connectivity index (χ2n) is 5.10. The molecule has 0 aromatic heterocycles.